The fourth-order valence-corrected chi connectivity index (χ4v) is 2.65. The number of nitrogens with one attached hydrogen (secondary N) is 1. The largest absolute Gasteiger partial charge is 0.356 e. The number of benzene rings is 1. The molecule has 20 heavy (non-hydrogen) atoms. The van der Waals surface area contributed by atoms with Crippen molar-refractivity contribution in [2.24, 2.45) is 5.41 Å². The van der Waals surface area contributed by atoms with Gasteiger partial charge in [-0.05, 0) is 30.0 Å². The normalized spacial score (nSPS) is 17.9. The molecule has 1 aliphatic rings. The summed E-state index contributed by atoms with van der Waals surface area (Å²) in [5.41, 5.74) is 1.22. The highest BCUT2D eigenvalue weighted by Crippen LogP contribution is 2.38. The molecule has 104 valence electrons. The van der Waals surface area contributed by atoms with Gasteiger partial charge in [0, 0.05) is 17.1 Å². The van der Waals surface area contributed by atoms with E-state index in [1.807, 2.05) is 19.9 Å². The summed E-state index contributed by atoms with van der Waals surface area (Å²) < 4.78 is 0. The van der Waals surface area contributed by atoms with Crippen molar-refractivity contribution in [3.63, 3.8) is 0 Å². The van der Waals surface area contributed by atoms with Crippen molar-refractivity contribution < 1.29 is 4.79 Å². The van der Waals surface area contributed by atoms with Crippen LogP contribution in [-0.2, 0) is 4.79 Å². The van der Waals surface area contributed by atoms with Gasteiger partial charge in [0.25, 0.3) is 0 Å². The van der Waals surface area contributed by atoms with Gasteiger partial charge in [0.15, 0.2) is 5.78 Å². The van der Waals surface area contributed by atoms with Crippen molar-refractivity contribution in [3.8, 4) is 6.07 Å². The fourth-order valence-electron chi connectivity index (χ4n) is 2.31. The molecule has 1 N–H and O–H groups in total. The molecule has 2 rings (SSSR count). The first-order valence-electron chi connectivity index (χ1n) is 6.21. The van der Waals surface area contributed by atoms with Gasteiger partial charge in [-0.1, -0.05) is 37.0 Å². The molecule has 0 aromatic heterocycles. The predicted molar refractivity (Wildman–Crippen MR) is 80.7 cm³/mol. The van der Waals surface area contributed by atoms with Gasteiger partial charge in [-0.15, -0.1) is 0 Å². The Bertz CT molecular complexity index is 642. The first-order chi connectivity index (χ1) is 9.32. The van der Waals surface area contributed by atoms with E-state index in [0.29, 0.717) is 34.3 Å². The number of anilines is 1. The van der Waals surface area contributed by atoms with Crippen LogP contribution >= 0.6 is 23.2 Å². The van der Waals surface area contributed by atoms with E-state index in [1.165, 1.54) is 0 Å². The van der Waals surface area contributed by atoms with Crippen LogP contribution in [0.1, 0.15) is 26.7 Å². The van der Waals surface area contributed by atoms with Crippen LogP contribution in [0.4, 0.5) is 5.69 Å². The van der Waals surface area contributed by atoms with E-state index in [1.54, 1.807) is 18.2 Å². The molecule has 0 saturated heterocycles. The molecule has 0 radical (unpaired) electrons. The van der Waals surface area contributed by atoms with Gasteiger partial charge in [0.1, 0.15) is 11.6 Å². The molecule has 0 bridgehead atoms. The number of allylic oxidation sites excluding steroid dienone is 2. The van der Waals surface area contributed by atoms with Crippen LogP contribution in [0.15, 0.2) is 29.5 Å². The number of carbonyl (C=O) groups is 1. The van der Waals surface area contributed by atoms with E-state index in [4.69, 9.17) is 23.2 Å². The predicted octanol–water partition coefficient (Wildman–Crippen LogP) is 4.57. The number of rotatable bonds is 2. The van der Waals surface area contributed by atoms with Gasteiger partial charge in [0.2, 0.25) is 0 Å². The Morgan fingerprint density at radius 2 is 2.00 bits per heavy atom. The molecule has 1 aromatic rings. The second kappa shape index (κ2) is 5.47. The summed E-state index contributed by atoms with van der Waals surface area (Å²) in [5.74, 6) is -0.135. The Kier molecular flexibility index (Phi) is 4.08. The standard InChI is InChI=1S/C15H14Cl2N2O/c1-15(2)6-13(10(8-18)14(20)7-15)19-12-5-9(16)3-4-11(12)17/h3-5,19H,6-7H2,1-2H3. The number of carbonyl (C=O) groups excluding carboxylic acids is 1. The summed E-state index contributed by atoms with van der Waals surface area (Å²) in [6, 6.07) is 7.03. The molecule has 1 aromatic carbocycles. The van der Waals surface area contributed by atoms with Crippen molar-refractivity contribution in [2.45, 2.75) is 26.7 Å². The molecule has 0 aliphatic heterocycles. The highest BCUT2D eigenvalue weighted by atomic mass is 35.5. The summed E-state index contributed by atoms with van der Waals surface area (Å²) in [6.45, 7) is 4.00. The number of hydrogen-bond donors (Lipinski definition) is 1. The van der Waals surface area contributed by atoms with Gasteiger partial charge in [0.05, 0.1) is 10.7 Å². The lowest BCUT2D eigenvalue weighted by molar-refractivity contribution is -0.117. The van der Waals surface area contributed by atoms with Crippen LogP contribution < -0.4 is 5.32 Å². The molecule has 3 nitrogen and oxygen atoms in total. The third kappa shape index (κ3) is 3.15. The Labute approximate surface area is 128 Å². The van der Waals surface area contributed by atoms with Crippen molar-refractivity contribution in [1.29, 1.82) is 5.26 Å². The molecule has 0 spiro atoms. The first-order valence-corrected chi connectivity index (χ1v) is 6.96. The average Bonchev–Trinajstić information content (AvgIpc) is 2.32. The zero-order valence-corrected chi connectivity index (χ0v) is 12.8. The van der Waals surface area contributed by atoms with E-state index in [2.05, 4.69) is 5.32 Å². The number of halogens is 2. The summed E-state index contributed by atoms with van der Waals surface area (Å²) in [6.07, 6.45) is 0.995. The molecule has 1 aliphatic carbocycles. The highest BCUT2D eigenvalue weighted by molar-refractivity contribution is 6.35. The van der Waals surface area contributed by atoms with Crippen LogP contribution in [0.5, 0.6) is 0 Å². The SMILES string of the molecule is CC1(C)CC(=O)C(C#N)=C(Nc2cc(Cl)ccc2Cl)C1. The fraction of sp³-hybridized carbons (Fsp3) is 0.333. The van der Waals surface area contributed by atoms with Crippen molar-refractivity contribution in [1.82, 2.24) is 0 Å². The number of nitriles is 1. The quantitative estimate of drug-likeness (QED) is 0.870. The third-order valence-corrected chi connectivity index (χ3v) is 3.77. The Morgan fingerprint density at radius 3 is 2.65 bits per heavy atom. The highest BCUT2D eigenvalue weighted by Gasteiger charge is 2.33. The second-order valence-corrected chi connectivity index (χ2v) is 6.50. The number of ketones is 1. The lowest BCUT2D eigenvalue weighted by Gasteiger charge is -2.30. The van der Waals surface area contributed by atoms with Crippen molar-refractivity contribution >= 4 is 34.7 Å². The van der Waals surface area contributed by atoms with E-state index in [0.717, 1.165) is 0 Å². The minimum absolute atomic E-state index is 0.135. The van der Waals surface area contributed by atoms with Gasteiger partial charge < -0.3 is 5.32 Å². The molecule has 0 amide bonds. The smallest absolute Gasteiger partial charge is 0.175 e. The molecule has 0 heterocycles. The molecule has 0 fully saturated rings. The maximum Gasteiger partial charge on any atom is 0.175 e. The van der Waals surface area contributed by atoms with Crippen molar-refractivity contribution in [2.75, 3.05) is 5.32 Å². The van der Waals surface area contributed by atoms with Gasteiger partial charge in [-0.2, -0.15) is 5.26 Å². The Balaban J connectivity index is 2.42. The molecular formula is C15H14Cl2N2O. The number of nitrogens with zero attached hydrogens (tertiary/aromatic N) is 1. The van der Waals surface area contributed by atoms with Crippen LogP contribution in [0.3, 0.4) is 0 Å². The lowest BCUT2D eigenvalue weighted by Crippen LogP contribution is -2.28. The molecular weight excluding hydrogens is 295 g/mol. The minimum atomic E-state index is -0.176. The number of hydrogen-bond acceptors (Lipinski definition) is 3. The van der Waals surface area contributed by atoms with Gasteiger partial charge in [-0.25, -0.2) is 0 Å². The second-order valence-electron chi connectivity index (χ2n) is 5.66. The van der Waals surface area contributed by atoms with Crippen LogP contribution in [0.25, 0.3) is 0 Å². The van der Waals surface area contributed by atoms with E-state index >= 15 is 0 Å². The topological polar surface area (TPSA) is 52.9 Å². The summed E-state index contributed by atoms with van der Waals surface area (Å²) in [7, 11) is 0. The minimum Gasteiger partial charge on any atom is -0.356 e. The number of Topliss-reactive ketones (excluding diaryl/α,β-unsaturated/α-hetero) is 1. The van der Waals surface area contributed by atoms with E-state index < -0.39 is 0 Å². The van der Waals surface area contributed by atoms with Crippen LogP contribution in [0, 0.1) is 16.7 Å². The van der Waals surface area contributed by atoms with Gasteiger partial charge >= 0.3 is 0 Å². The maximum atomic E-state index is 12.0. The monoisotopic (exact) mass is 308 g/mol. The summed E-state index contributed by atoms with van der Waals surface area (Å²) in [4.78, 5) is 12.0. The average molecular weight is 309 g/mol. The van der Waals surface area contributed by atoms with Crippen LogP contribution in [0.2, 0.25) is 10.0 Å². The van der Waals surface area contributed by atoms with E-state index in [9.17, 15) is 10.1 Å². The molecule has 0 saturated carbocycles. The van der Waals surface area contributed by atoms with E-state index in [-0.39, 0.29) is 16.8 Å². The van der Waals surface area contributed by atoms with Gasteiger partial charge in [-0.3, -0.25) is 4.79 Å². The lowest BCUT2D eigenvalue weighted by atomic mass is 9.76. The molecule has 0 unspecified atom stereocenters. The zero-order valence-electron chi connectivity index (χ0n) is 11.3. The summed E-state index contributed by atoms with van der Waals surface area (Å²) >= 11 is 12.0. The first kappa shape index (κ1) is 14.9. The maximum absolute atomic E-state index is 12.0. The van der Waals surface area contributed by atoms with Crippen LogP contribution in [-0.4, -0.2) is 5.78 Å². The zero-order chi connectivity index (χ0) is 14.9. The molecule has 0 atom stereocenters. The Hall–Kier alpha value is -1.50. The molecule has 5 heteroatoms. The third-order valence-electron chi connectivity index (χ3n) is 3.20. The summed E-state index contributed by atoms with van der Waals surface area (Å²) in [5, 5.41) is 13.3. The Morgan fingerprint density at radius 1 is 1.30 bits per heavy atom. The van der Waals surface area contributed by atoms with Crippen molar-refractivity contribution in [3.05, 3.63) is 39.5 Å².